The molecule has 0 bridgehead atoms. The van der Waals surface area contributed by atoms with Gasteiger partial charge in [-0.05, 0) is 47.5 Å². The highest BCUT2D eigenvalue weighted by Gasteiger charge is 2.29. The van der Waals surface area contributed by atoms with E-state index in [1.54, 1.807) is 6.92 Å². The Morgan fingerprint density at radius 2 is 1.84 bits per heavy atom. The van der Waals surface area contributed by atoms with Gasteiger partial charge in [-0.2, -0.15) is 0 Å². The molecular formula is C18H22BrFO5. The first-order chi connectivity index (χ1) is 11.9. The van der Waals surface area contributed by atoms with E-state index in [9.17, 15) is 18.8 Å². The molecule has 0 saturated heterocycles. The molecule has 5 nitrogen and oxygen atoms in total. The van der Waals surface area contributed by atoms with Gasteiger partial charge in [0.15, 0.2) is 12.5 Å². The van der Waals surface area contributed by atoms with E-state index in [4.69, 9.17) is 9.47 Å². The summed E-state index contributed by atoms with van der Waals surface area (Å²) in [7, 11) is 0. The first-order valence-electron chi connectivity index (χ1n) is 7.83. The van der Waals surface area contributed by atoms with Gasteiger partial charge in [-0.1, -0.05) is 19.9 Å². The average molecular weight is 417 g/mol. The standard InChI is InChI=1S/C16H16BrFO5.C2H6/c1-3-5-12(15(20)22-4-2)16(21)23-9-14(19)11-7-6-10(18)8-13(11)17;1-2/h3,6-8,12H,1,4-5,9H2,2H3;1-2H3. The van der Waals surface area contributed by atoms with Gasteiger partial charge in [0, 0.05) is 10.0 Å². The van der Waals surface area contributed by atoms with E-state index in [2.05, 4.69) is 22.5 Å². The molecule has 0 aromatic heterocycles. The fourth-order valence-corrected chi connectivity index (χ4v) is 2.30. The maximum atomic E-state index is 13.0. The molecule has 7 heteroatoms. The summed E-state index contributed by atoms with van der Waals surface area (Å²) in [5.74, 6) is -3.77. The average Bonchev–Trinajstić information content (AvgIpc) is 2.59. The first-order valence-corrected chi connectivity index (χ1v) is 8.62. The van der Waals surface area contributed by atoms with E-state index < -0.39 is 36.1 Å². The SMILES string of the molecule is C=CCC(C(=O)OCC)C(=O)OCC(=O)c1ccc(F)cc1Br.CC. The highest BCUT2D eigenvalue weighted by atomic mass is 79.9. The predicted octanol–water partition coefficient (Wildman–Crippen LogP) is 4.10. The molecule has 0 N–H and O–H groups in total. The quantitative estimate of drug-likeness (QED) is 0.276. The molecule has 0 aliphatic heterocycles. The second kappa shape index (κ2) is 12.4. The summed E-state index contributed by atoms with van der Waals surface area (Å²) in [6.45, 7) is 8.65. The van der Waals surface area contributed by atoms with Crippen molar-refractivity contribution >= 4 is 33.7 Å². The lowest BCUT2D eigenvalue weighted by atomic mass is 10.1. The van der Waals surface area contributed by atoms with Crippen molar-refractivity contribution < 1.29 is 28.2 Å². The minimum Gasteiger partial charge on any atom is -0.465 e. The van der Waals surface area contributed by atoms with Gasteiger partial charge in [0.25, 0.3) is 0 Å². The Balaban J connectivity index is 0.00000277. The van der Waals surface area contributed by atoms with Crippen LogP contribution in [0, 0.1) is 11.7 Å². The predicted molar refractivity (Wildman–Crippen MR) is 95.7 cm³/mol. The lowest BCUT2D eigenvalue weighted by molar-refractivity contribution is -0.161. The van der Waals surface area contributed by atoms with Gasteiger partial charge in [-0.25, -0.2) is 4.39 Å². The van der Waals surface area contributed by atoms with Gasteiger partial charge in [-0.3, -0.25) is 14.4 Å². The number of allylic oxidation sites excluding steroid dienone is 1. The second-order valence-corrected chi connectivity index (χ2v) is 5.34. The molecule has 0 aliphatic rings. The number of benzene rings is 1. The smallest absolute Gasteiger partial charge is 0.321 e. The summed E-state index contributed by atoms with van der Waals surface area (Å²) in [6, 6.07) is 3.54. The van der Waals surface area contributed by atoms with Crippen LogP contribution in [0.2, 0.25) is 0 Å². The van der Waals surface area contributed by atoms with E-state index in [-0.39, 0.29) is 23.1 Å². The lowest BCUT2D eigenvalue weighted by Gasteiger charge is -2.13. The number of esters is 2. The van der Waals surface area contributed by atoms with Gasteiger partial charge in [0.2, 0.25) is 5.78 Å². The normalized spacial score (nSPS) is 10.8. The molecule has 0 amide bonds. The molecule has 0 radical (unpaired) electrons. The number of ketones is 1. The van der Waals surface area contributed by atoms with Gasteiger partial charge in [-0.15, -0.1) is 6.58 Å². The van der Waals surface area contributed by atoms with E-state index >= 15 is 0 Å². The Hall–Kier alpha value is -2.02. The van der Waals surface area contributed by atoms with Crippen molar-refractivity contribution in [2.75, 3.05) is 13.2 Å². The van der Waals surface area contributed by atoms with Crippen LogP contribution in [0.25, 0.3) is 0 Å². The molecule has 1 unspecified atom stereocenters. The van der Waals surface area contributed by atoms with Crippen LogP contribution in [0.4, 0.5) is 4.39 Å². The zero-order valence-electron chi connectivity index (χ0n) is 14.5. The fourth-order valence-electron chi connectivity index (χ4n) is 1.73. The number of hydrogen-bond donors (Lipinski definition) is 0. The molecule has 0 spiro atoms. The summed E-state index contributed by atoms with van der Waals surface area (Å²) < 4.78 is 22.9. The van der Waals surface area contributed by atoms with Crippen LogP contribution in [0.5, 0.6) is 0 Å². The van der Waals surface area contributed by atoms with Crippen molar-refractivity contribution in [2.45, 2.75) is 27.2 Å². The molecule has 1 aromatic carbocycles. The molecule has 1 atom stereocenters. The number of Topliss-reactive ketones (excluding diaryl/α,β-unsaturated/α-hetero) is 1. The number of halogens is 2. The molecule has 138 valence electrons. The highest BCUT2D eigenvalue weighted by Crippen LogP contribution is 2.19. The number of rotatable bonds is 8. The van der Waals surface area contributed by atoms with Crippen molar-refractivity contribution in [3.05, 3.63) is 46.7 Å². The van der Waals surface area contributed by atoms with Crippen LogP contribution in [-0.2, 0) is 19.1 Å². The Morgan fingerprint density at radius 3 is 2.36 bits per heavy atom. The molecule has 1 rings (SSSR count). The monoisotopic (exact) mass is 416 g/mol. The Bertz CT molecular complexity index is 615. The van der Waals surface area contributed by atoms with E-state index in [1.165, 1.54) is 12.1 Å². The zero-order valence-corrected chi connectivity index (χ0v) is 16.1. The van der Waals surface area contributed by atoms with Crippen molar-refractivity contribution in [1.29, 1.82) is 0 Å². The largest absolute Gasteiger partial charge is 0.465 e. The minimum atomic E-state index is -1.16. The van der Waals surface area contributed by atoms with E-state index in [0.717, 1.165) is 12.1 Å². The summed E-state index contributed by atoms with van der Waals surface area (Å²) in [4.78, 5) is 35.6. The van der Waals surface area contributed by atoms with Crippen molar-refractivity contribution in [3.63, 3.8) is 0 Å². The molecule has 0 aliphatic carbocycles. The van der Waals surface area contributed by atoms with Crippen LogP contribution in [0.1, 0.15) is 37.6 Å². The van der Waals surface area contributed by atoms with Gasteiger partial charge >= 0.3 is 11.9 Å². The third-order valence-electron chi connectivity index (χ3n) is 2.84. The lowest BCUT2D eigenvalue weighted by Crippen LogP contribution is -2.29. The Labute approximate surface area is 155 Å². The minimum absolute atomic E-state index is 0.0477. The molecule has 25 heavy (non-hydrogen) atoms. The molecule has 0 saturated carbocycles. The topological polar surface area (TPSA) is 69.7 Å². The summed E-state index contributed by atoms with van der Waals surface area (Å²) in [5.41, 5.74) is 0.176. The van der Waals surface area contributed by atoms with Crippen molar-refractivity contribution in [2.24, 2.45) is 5.92 Å². The molecule has 0 heterocycles. The van der Waals surface area contributed by atoms with Gasteiger partial charge in [0.1, 0.15) is 5.82 Å². The highest BCUT2D eigenvalue weighted by molar-refractivity contribution is 9.10. The summed E-state index contributed by atoms with van der Waals surface area (Å²) in [5, 5.41) is 0. The fraction of sp³-hybridized carbons (Fsp3) is 0.389. The van der Waals surface area contributed by atoms with Gasteiger partial charge < -0.3 is 9.47 Å². The molecule has 0 fully saturated rings. The first kappa shape index (κ1) is 23.0. The zero-order chi connectivity index (χ0) is 19.4. The van der Waals surface area contributed by atoms with Crippen molar-refractivity contribution in [1.82, 2.24) is 0 Å². The van der Waals surface area contributed by atoms with E-state index in [0.29, 0.717) is 0 Å². The van der Waals surface area contributed by atoms with Crippen LogP contribution in [-0.4, -0.2) is 30.9 Å². The summed E-state index contributed by atoms with van der Waals surface area (Å²) >= 11 is 3.06. The third kappa shape index (κ3) is 7.60. The number of hydrogen-bond acceptors (Lipinski definition) is 5. The number of ether oxygens (including phenoxy) is 2. The van der Waals surface area contributed by atoms with E-state index in [1.807, 2.05) is 13.8 Å². The second-order valence-electron chi connectivity index (χ2n) is 4.48. The summed E-state index contributed by atoms with van der Waals surface area (Å²) in [6.07, 6.45) is 1.44. The number of carbonyl (C=O) groups is 3. The Morgan fingerprint density at radius 1 is 1.24 bits per heavy atom. The maximum absolute atomic E-state index is 13.0. The van der Waals surface area contributed by atoms with Crippen LogP contribution in [0.3, 0.4) is 0 Å². The van der Waals surface area contributed by atoms with Crippen LogP contribution in [0.15, 0.2) is 35.3 Å². The third-order valence-corrected chi connectivity index (χ3v) is 3.49. The molecular weight excluding hydrogens is 395 g/mol. The molecule has 1 aromatic rings. The van der Waals surface area contributed by atoms with Crippen molar-refractivity contribution in [3.8, 4) is 0 Å². The van der Waals surface area contributed by atoms with Crippen LogP contribution >= 0.6 is 15.9 Å². The number of carbonyl (C=O) groups excluding carboxylic acids is 3. The maximum Gasteiger partial charge on any atom is 0.321 e. The van der Waals surface area contributed by atoms with Crippen LogP contribution < -0.4 is 0 Å². The van der Waals surface area contributed by atoms with Gasteiger partial charge in [0.05, 0.1) is 6.61 Å². The Kier molecular flexibility index (Phi) is 11.4.